The van der Waals surface area contributed by atoms with Gasteiger partial charge in [-0.1, -0.05) is 47.0 Å². The number of carbonyl (C=O) groups is 3. The minimum atomic E-state index is -0.839. The Morgan fingerprint density at radius 3 is 2.12 bits per heavy atom. The maximum atomic E-state index is 13.1. The number of hydrogen-bond acceptors (Lipinski definition) is 6. The number of carbonyl (C=O) groups excluding carboxylic acids is 2. The van der Waals surface area contributed by atoms with Crippen LogP contribution in [0.5, 0.6) is 0 Å². The summed E-state index contributed by atoms with van der Waals surface area (Å²) in [6, 6.07) is -0.0472. The molecule has 7 heteroatoms. The lowest BCUT2D eigenvalue weighted by atomic mass is 9.78. The fourth-order valence-corrected chi connectivity index (χ4v) is 4.47. The highest BCUT2D eigenvalue weighted by molar-refractivity contribution is 5.86. The van der Waals surface area contributed by atoms with Crippen LogP contribution in [0.1, 0.15) is 79.1 Å². The largest absolute Gasteiger partial charge is 0.480 e. The zero-order valence-corrected chi connectivity index (χ0v) is 21.6. The molecule has 1 unspecified atom stereocenters. The van der Waals surface area contributed by atoms with E-state index >= 15 is 0 Å². The van der Waals surface area contributed by atoms with E-state index in [0.717, 1.165) is 70.7 Å². The van der Waals surface area contributed by atoms with Gasteiger partial charge in [-0.25, -0.2) is 0 Å². The predicted octanol–water partition coefficient (Wildman–Crippen LogP) is 3.56. The fraction of sp³-hybridized carbons (Fsp3) is 0.885. The van der Waals surface area contributed by atoms with Crippen LogP contribution in [0.2, 0.25) is 0 Å². The van der Waals surface area contributed by atoms with Crippen molar-refractivity contribution in [3.05, 3.63) is 0 Å². The summed E-state index contributed by atoms with van der Waals surface area (Å²) in [7, 11) is 0. The van der Waals surface area contributed by atoms with E-state index in [2.05, 4.69) is 37.5 Å². The van der Waals surface area contributed by atoms with E-state index in [1.807, 2.05) is 4.90 Å². The highest BCUT2D eigenvalue weighted by atomic mass is 16.4. The summed E-state index contributed by atoms with van der Waals surface area (Å²) >= 11 is 0. The maximum absolute atomic E-state index is 13.1. The van der Waals surface area contributed by atoms with Crippen LogP contribution in [-0.4, -0.2) is 96.2 Å². The van der Waals surface area contributed by atoms with Crippen molar-refractivity contribution < 1.29 is 19.5 Å². The molecule has 0 bridgehead atoms. The summed E-state index contributed by atoms with van der Waals surface area (Å²) in [5, 5.41) is 9.44. The van der Waals surface area contributed by atoms with E-state index in [1.54, 1.807) is 0 Å². The van der Waals surface area contributed by atoms with E-state index in [-0.39, 0.29) is 18.5 Å². The summed E-state index contributed by atoms with van der Waals surface area (Å²) in [5.74, 6) is 0.386. The second-order valence-corrected chi connectivity index (χ2v) is 9.81. The van der Waals surface area contributed by atoms with Crippen LogP contribution < -0.4 is 0 Å². The SMILES string of the molecule is CCCC(C(=O)C1CCC1)N(CCC)CCN(CCN(CC=O)CC[C@H](C)CC)CC(=O)O. The lowest BCUT2D eigenvalue weighted by Gasteiger charge is -2.36. The number of carboxylic acids is 1. The number of aldehydes is 1. The highest BCUT2D eigenvalue weighted by Crippen LogP contribution is 2.30. The van der Waals surface area contributed by atoms with Gasteiger partial charge < -0.3 is 9.90 Å². The Morgan fingerprint density at radius 2 is 1.61 bits per heavy atom. The Balaban J connectivity index is 2.75. The Labute approximate surface area is 201 Å². The van der Waals surface area contributed by atoms with Crippen LogP contribution in [0.4, 0.5) is 0 Å². The van der Waals surface area contributed by atoms with E-state index in [4.69, 9.17) is 0 Å². The van der Waals surface area contributed by atoms with Crippen molar-refractivity contribution in [2.75, 3.05) is 52.4 Å². The van der Waals surface area contributed by atoms with Gasteiger partial charge in [-0.3, -0.25) is 24.3 Å². The molecule has 1 N–H and O–H groups in total. The number of nitrogens with zero attached hydrogens (tertiary/aromatic N) is 3. The van der Waals surface area contributed by atoms with Crippen LogP contribution >= 0.6 is 0 Å². The molecule has 2 atom stereocenters. The van der Waals surface area contributed by atoms with Crippen molar-refractivity contribution in [3.8, 4) is 0 Å². The lowest BCUT2D eigenvalue weighted by molar-refractivity contribution is -0.138. The molecule has 1 aliphatic carbocycles. The van der Waals surface area contributed by atoms with Gasteiger partial charge in [-0.15, -0.1) is 0 Å². The Bertz CT molecular complexity index is 568. The van der Waals surface area contributed by atoms with Gasteiger partial charge in [0, 0.05) is 32.1 Å². The first-order valence-corrected chi connectivity index (χ1v) is 13.2. The van der Waals surface area contributed by atoms with Crippen LogP contribution in [0, 0.1) is 11.8 Å². The number of carboxylic acid groups (broad SMARTS) is 1. The molecule has 0 aromatic carbocycles. The summed E-state index contributed by atoms with van der Waals surface area (Å²) < 4.78 is 0. The smallest absolute Gasteiger partial charge is 0.317 e. The second kappa shape index (κ2) is 17.2. The van der Waals surface area contributed by atoms with Crippen LogP contribution in [-0.2, 0) is 14.4 Å². The Morgan fingerprint density at radius 1 is 0.939 bits per heavy atom. The molecule has 1 rings (SSSR count). The molecular weight excluding hydrogens is 418 g/mol. The zero-order valence-electron chi connectivity index (χ0n) is 21.6. The molecule has 0 spiro atoms. The molecule has 0 aliphatic heterocycles. The molecule has 0 amide bonds. The molecule has 0 aromatic heterocycles. The highest BCUT2D eigenvalue weighted by Gasteiger charge is 2.33. The van der Waals surface area contributed by atoms with Gasteiger partial charge in [0.15, 0.2) is 5.78 Å². The van der Waals surface area contributed by atoms with Gasteiger partial charge in [0.2, 0.25) is 0 Å². The van der Waals surface area contributed by atoms with E-state index in [1.165, 1.54) is 0 Å². The molecule has 0 heterocycles. The van der Waals surface area contributed by atoms with Crippen molar-refractivity contribution in [2.24, 2.45) is 11.8 Å². The van der Waals surface area contributed by atoms with Crippen LogP contribution in [0.25, 0.3) is 0 Å². The Kier molecular flexibility index (Phi) is 15.5. The first-order chi connectivity index (χ1) is 15.9. The molecule has 1 aliphatic rings. The molecule has 192 valence electrons. The number of rotatable bonds is 21. The van der Waals surface area contributed by atoms with Gasteiger partial charge in [-0.05, 0) is 51.1 Å². The average Bonchev–Trinajstić information content (AvgIpc) is 2.74. The van der Waals surface area contributed by atoms with Gasteiger partial charge in [0.05, 0.1) is 19.1 Å². The summed E-state index contributed by atoms with van der Waals surface area (Å²) in [6.07, 6.45) is 9.10. The molecule has 1 fully saturated rings. The van der Waals surface area contributed by atoms with Gasteiger partial charge in [0.1, 0.15) is 6.29 Å². The van der Waals surface area contributed by atoms with Crippen molar-refractivity contribution in [1.82, 2.24) is 14.7 Å². The van der Waals surface area contributed by atoms with Crippen molar-refractivity contribution in [1.29, 1.82) is 0 Å². The molecular formula is C26H49N3O4. The minimum Gasteiger partial charge on any atom is -0.480 e. The zero-order chi connectivity index (χ0) is 24.6. The Hall–Kier alpha value is -1.31. The van der Waals surface area contributed by atoms with Crippen molar-refractivity contribution in [3.63, 3.8) is 0 Å². The first kappa shape index (κ1) is 29.7. The first-order valence-electron chi connectivity index (χ1n) is 13.2. The second-order valence-electron chi connectivity index (χ2n) is 9.81. The number of ketones is 1. The normalized spacial score (nSPS) is 16.2. The van der Waals surface area contributed by atoms with Crippen LogP contribution in [0.15, 0.2) is 0 Å². The number of Topliss-reactive ketones (excluding diaryl/α,β-unsaturated/α-hetero) is 1. The molecule has 7 nitrogen and oxygen atoms in total. The molecule has 33 heavy (non-hydrogen) atoms. The summed E-state index contributed by atoms with van der Waals surface area (Å²) in [5.41, 5.74) is 0. The third kappa shape index (κ3) is 11.6. The number of aliphatic carboxylic acids is 1. The molecule has 1 saturated carbocycles. The summed E-state index contributed by atoms with van der Waals surface area (Å²) in [4.78, 5) is 42.1. The topological polar surface area (TPSA) is 81.2 Å². The van der Waals surface area contributed by atoms with Gasteiger partial charge >= 0.3 is 5.97 Å². The van der Waals surface area contributed by atoms with Gasteiger partial charge in [0.25, 0.3) is 0 Å². The standard InChI is InChI=1S/C26H49N3O4/c1-5-9-24(26(33)23-10-8-11-23)29(13-6-2)18-17-28(21-25(31)32)16-15-27(19-20-30)14-12-22(4)7-3/h20,22-24H,5-19,21H2,1-4H3,(H,31,32)/t22-,24?/m1/s1. The lowest BCUT2D eigenvalue weighted by Crippen LogP contribution is -2.49. The maximum Gasteiger partial charge on any atom is 0.317 e. The molecule has 0 aromatic rings. The molecule has 0 radical (unpaired) electrons. The average molecular weight is 468 g/mol. The minimum absolute atomic E-state index is 0.0186. The fourth-order valence-electron chi connectivity index (χ4n) is 4.47. The van der Waals surface area contributed by atoms with E-state index in [9.17, 15) is 19.5 Å². The third-order valence-electron chi connectivity index (χ3n) is 7.11. The monoisotopic (exact) mass is 467 g/mol. The van der Waals surface area contributed by atoms with E-state index < -0.39 is 5.97 Å². The predicted molar refractivity (Wildman–Crippen MR) is 134 cm³/mol. The quantitative estimate of drug-likeness (QED) is 0.259. The van der Waals surface area contributed by atoms with Crippen molar-refractivity contribution >= 4 is 18.0 Å². The van der Waals surface area contributed by atoms with Crippen LogP contribution in [0.3, 0.4) is 0 Å². The molecule has 0 saturated heterocycles. The van der Waals surface area contributed by atoms with Crippen molar-refractivity contribution in [2.45, 2.75) is 85.1 Å². The van der Waals surface area contributed by atoms with E-state index in [0.29, 0.717) is 44.4 Å². The van der Waals surface area contributed by atoms with Gasteiger partial charge in [-0.2, -0.15) is 0 Å². The third-order valence-corrected chi connectivity index (χ3v) is 7.11. The summed E-state index contributed by atoms with van der Waals surface area (Å²) in [6.45, 7) is 13.3. The number of hydrogen-bond donors (Lipinski definition) is 1.